The number of unbranched alkanes of at least 4 members (excludes halogenated alkanes) is 2. The van der Waals surface area contributed by atoms with Crippen LogP contribution in [0.5, 0.6) is 23.0 Å². The number of rotatable bonds is 13. The van der Waals surface area contributed by atoms with Gasteiger partial charge < -0.3 is 29.6 Å². The predicted molar refractivity (Wildman–Crippen MR) is 218 cm³/mol. The lowest BCUT2D eigenvalue weighted by Gasteiger charge is -2.29. The van der Waals surface area contributed by atoms with E-state index in [9.17, 15) is 24.6 Å². The number of nitrogens with zero attached hydrogens (tertiary/aromatic N) is 3. The van der Waals surface area contributed by atoms with Crippen LogP contribution in [0.1, 0.15) is 65.6 Å². The number of nitrogens with one attached hydrogen (secondary N) is 1. The second-order valence-electron chi connectivity index (χ2n) is 15.2. The maximum atomic E-state index is 13.1. The molecule has 0 saturated carbocycles. The van der Waals surface area contributed by atoms with Crippen LogP contribution in [0.25, 0.3) is 20.5 Å². The number of ether oxygens (including phenoxy) is 1. The van der Waals surface area contributed by atoms with E-state index in [1.807, 2.05) is 42.5 Å². The predicted octanol–water partition coefficient (Wildman–Crippen LogP) is 7.50. The molecule has 4 heterocycles. The average molecular weight is 773 g/mol. The van der Waals surface area contributed by atoms with Gasteiger partial charge in [0.15, 0.2) is 5.75 Å². The number of amides is 3. The quantitative estimate of drug-likeness (QED) is 0.0832. The van der Waals surface area contributed by atoms with Crippen molar-refractivity contribution in [2.45, 2.75) is 64.0 Å². The van der Waals surface area contributed by atoms with Crippen molar-refractivity contribution in [3.05, 3.63) is 107 Å². The molecule has 3 aliphatic heterocycles. The Hall–Kier alpha value is -5.23. The molecule has 1 atom stereocenters. The highest BCUT2D eigenvalue weighted by Gasteiger charge is 2.39. The van der Waals surface area contributed by atoms with Gasteiger partial charge in [0.25, 0.3) is 5.91 Å². The van der Waals surface area contributed by atoms with Gasteiger partial charge >= 0.3 is 0 Å². The molecule has 3 aliphatic rings. The molecule has 10 nitrogen and oxygen atoms in total. The van der Waals surface area contributed by atoms with Crippen LogP contribution in [0.4, 0.5) is 0 Å². The molecule has 0 bridgehead atoms. The van der Waals surface area contributed by atoms with Crippen molar-refractivity contribution in [2.24, 2.45) is 0 Å². The van der Waals surface area contributed by atoms with E-state index in [2.05, 4.69) is 33.3 Å². The van der Waals surface area contributed by atoms with Crippen LogP contribution in [-0.4, -0.2) is 87.9 Å². The third-order valence-electron chi connectivity index (χ3n) is 11.3. The summed E-state index contributed by atoms with van der Waals surface area (Å²) >= 11 is 1.56. The third-order valence-corrected chi connectivity index (χ3v) is 12.5. The molecule has 0 spiro atoms. The molecule has 2 saturated heterocycles. The number of fused-ring (bicyclic) bond motifs is 2. The first-order valence-corrected chi connectivity index (χ1v) is 20.6. The van der Waals surface area contributed by atoms with Gasteiger partial charge in [-0.1, -0.05) is 30.7 Å². The lowest BCUT2D eigenvalue weighted by atomic mass is 10.0. The van der Waals surface area contributed by atoms with Gasteiger partial charge in [0, 0.05) is 48.2 Å². The number of piperidine rings is 1. The molecule has 0 aliphatic carbocycles. The lowest BCUT2D eigenvalue weighted by molar-refractivity contribution is -0.136. The molecule has 4 aromatic carbocycles. The third kappa shape index (κ3) is 8.60. The fourth-order valence-corrected chi connectivity index (χ4v) is 9.36. The summed E-state index contributed by atoms with van der Waals surface area (Å²) in [4.78, 5) is 44.8. The Kier molecular flexibility index (Phi) is 11.4. The van der Waals surface area contributed by atoms with Gasteiger partial charge in [-0.2, -0.15) is 0 Å². The zero-order chi connectivity index (χ0) is 38.6. The molecular formula is C45H48N4O6S. The van der Waals surface area contributed by atoms with Crippen molar-refractivity contribution in [1.82, 2.24) is 20.0 Å². The van der Waals surface area contributed by atoms with Gasteiger partial charge in [-0.3, -0.25) is 19.7 Å². The number of carbonyl (C=O) groups excluding carboxylic acids is 3. The number of aromatic hydroxyl groups is 2. The molecule has 290 valence electrons. The van der Waals surface area contributed by atoms with E-state index < -0.39 is 6.04 Å². The molecule has 1 unspecified atom stereocenters. The van der Waals surface area contributed by atoms with E-state index in [-0.39, 0.29) is 35.6 Å². The molecular weight excluding hydrogens is 725 g/mol. The highest BCUT2D eigenvalue weighted by molar-refractivity contribution is 7.22. The second kappa shape index (κ2) is 16.9. The number of hydrogen-bond donors (Lipinski definition) is 3. The molecule has 5 aromatic rings. The summed E-state index contributed by atoms with van der Waals surface area (Å²) in [6, 6.07) is 26.3. The van der Waals surface area contributed by atoms with Crippen LogP contribution in [0, 0.1) is 0 Å². The molecule has 2 fully saturated rings. The van der Waals surface area contributed by atoms with Gasteiger partial charge in [0.1, 0.15) is 23.3 Å². The number of carbonyl (C=O) groups is 3. The molecule has 3 amide bonds. The summed E-state index contributed by atoms with van der Waals surface area (Å²) in [5, 5.41) is 23.2. The van der Waals surface area contributed by atoms with Crippen LogP contribution in [0.15, 0.2) is 84.9 Å². The van der Waals surface area contributed by atoms with Crippen LogP contribution >= 0.6 is 11.3 Å². The number of aryl methyl sites for hydroxylation is 1. The van der Waals surface area contributed by atoms with E-state index >= 15 is 0 Å². The van der Waals surface area contributed by atoms with Crippen LogP contribution in [-0.2, 0) is 29.0 Å². The fourth-order valence-electron chi connectivity index (χ4n) is 8.19. The Morgan fingerprint density at radius 2 is 1.50 bits per heavy atom. The second-order valence-corrected chi connectivity index (χ2v) is 16.3. The summed E-state index contributed by atoms with van der Waals surface area (Å²) in [6.45, 7) is 6.88. The van der Waals surface area contributed by atoms with Crippen LogP contribution in [0.3, 0.4) is 0 Å². The van der Waals surface area contributed by atoms with Crippen molar-refractivity contribution in [3.63, 3.8) is 0 Å². The number of benzene rings is 4. The molecule has 56 heavy (non-hydrogen) atoms. The first-order valence-electron chi connectivity index (χ1n) is 19.8. The Bertz CT molecular complexity index is 2220. The van der Waals surface area contributed by atoms with Gasteiger partial charge in [0.2, 0.25) is 11.8 Å². The molecule has 3 N–H and O–H groups in total. The Morgan fingerprint density at radius 1 is 0.750 bits per heavy atom. The van der Waals surface area contributed by atoms with Crippen molar-refractivity contribution in [1.29, 1.82) is 0 Å². The number of phenolic OH excluding ortho intramolecular Hbond substituents is 2. The van der Waals surface area contributed by atoms with Gasteiger partial charge in [0.05, 0.1) is 4.88 Å². The van der Waals surface area contributed by atoms with Crippen molar-refractivity contribution in [3.8, 4) is 33.4 Å². The van der Waals surface area contributed by atoms with E-state index in [4.69, 9.17) is 4.74 Å². The van der Waals surface area contributed by atoms with Gasteiger partial charge in [-0.05, 0) is 141 Å². The Morgan fingerprint density at radius 3 is 2.29 bits per heavy atom. The van der Waals surface area contributed by atoms with E-state index in [1.54, 1.807) is 40.5 Å². The van der Waals surface area contributed by atoms with E-state index in [0.29, 0.717) is 18.5 Å². The summed E-state index contributed by atoms with van der Waals surface area (Å²) in [6.07, 6.45) is 7.26. The van der Waals surface area contributed by atoms with Gasteiger partial charge in [-0.25, -0.2) is 0 Å². The standard InChI is InChI=1S/C45H48N4O6S/c50-34-11-9-32(10-12-34)43-42(38-17-13-35(51)28-40(38)56-43)55-36-14-6-30(7-15-36)5-2-1-3-21-47-22-4-23-48(26-25-47)24-20-31-8-16-37-33(27-31)29-49(45(37)54)39-18-19-41(52)46-44(39)53/h6-17,27-28,39,50-51H,1-5,18-26,29H2,(H,46,52,53). The average Bonchev–Trinajstić information content (AvgIpc) is 3.60. The molecule has 0 radical (unpaired) electrons. The summed E-state index contributed by atoms with van der Waals surface area (Å²) < 4.78 is 7.42. The molecule has 8 rings (SSSR count). The summed E-state index contributed by atoms with van der Waals surface area (Å²) in [5.41, 5.74) is 5.09. The normalized spacial score (nSPS) is 18.0. The molecule has 1 aromatic heterocycles. The SMILES string of the molecule is O=C1CCC(N2Cc3cc(CCN4CCCN(CCCCCc5ccc(Oc6c(-c7ccc(O)cc7)sc7cc(O)ccc67)cc5)CC4)ccc3C2=O)C(=O)N1. The number of hydrogen-bond acceptors (Lipinski definition) is 9. The highest BCUT2D eigenvalue weighted by Crippen LogP contribution is 2.47. The van der Waals surface area contributed by atoms with Crippen molar-refractivity contribution in [2.75, 3.05) is 39.3 Å². The number of imide groups is 1. The van der Waals surface area contributed by atoms with E-state index in [1.165, 1.54) is 24.0 Å². The smallest absolute Gasteiger partial charge is 0.255 e. The van der Waals surface area contributed by atoms with Crippen molar-refractivity contribution < 1.29 is 29.3 Å². The topological polar surface area (TPSA) is 123 Å². The monoisotopic (exact) mass is 772 g/mol. The van der Waals surface area contributed by atoms with E-state index in [0.717, 1.165) is 103 Å². The van der Waals surface area contributed by atoms with Crippen LogP contribution in [0.2, 0.25) is 0 Å². The maximum Gasteiger partial charge on any atom is 0.255 e. The van der Waals surface area contributed by atoms with Crippen LogP contribution < -0.4 is 10.1 Å². The zero-order valence-corrected chi connectivity index (χ0v) is 32.4. The number of phenols is 2. The fraction of sp³-hybridized carbons (Fsp3) is 0.356. The molecule has 11 heteroatoms. The maximum absolute atomic E-state index is 13.1. The minimum atomic E-state index is -0.582. The lowest BCUT2D eigenvalue weighted by Crippen LogP contribution is -2.52. The largest absolute Gasteiger partial charge is 0.508 e. The Labute approximate surface area is 331 Å². The first kappa shape index (κ1) is 37.7. The summed E-state index contributed by atoms with van der Waals surface area (Å²) in [7, 11) is 0. The number of thiophene rings is 1. The minimum absolute atomic E-state index is 0.122. The minimum Gasteiger partial charge on any atom is -0.508 e. The Balaban J connectivity index is 0.760. The first-order chi connectivity index (χ1) is 27.3. The van der Waals surface area contributed by atoms with Gasteiger partial charge in [-0.15, -0.1) is 11.3 Å². The van der Waals surface area contributed by atoms with Crippen molar-refractivity contribution >= 4 is 39.1 Å². The zero-order valence-electron chi connectivity index (χ0n) is 31.5. The highest BCUT2D eigenvalue weighted by atomic mass is 32.1. The summed E-state index contributed by atoms with van der Waals surface area (Å²) in [5.74, 6) is 1.18.